The van der Waals surface area contributed by atoms with Crippen LogP contribution in [0.5, 0.6) is 0 Å². The summed E-state index contributed by atoms with van der Waals surface area (Å²) in [6, 6.07) is 6.20. The third kappa shape index (κ3) is 2.98. The van der Waals surface area contributed by atoms with E-state index in [0.717, 1.165) is 30.2 Å². The minimum Gasteiger partial charge on any atom is -0.466 e. The number of hydrogen-bond acceptors (Lipinski definition) is 4. The van der Waals surface area contributed by atoms with E-state index < -0.39 is 0 Å². The first kappa shape index (κ1) is 14.6. The molecule has 3 N–H and O–H groups in total. The second kappa shape index (κ2) is 6.22. The van der Waals surface area contributed by atoms with E-state index in [0.29, 0.717) is 24.8 Å². The first-order chi connectivity index (χ1) is 10.7. The predicted octanol–water partition coefficient (Wildman–Crippen LogP) is 3.28. The summed E-state index contributed by atoms with van der Waals surface area (Å²) in [5, 5.41) is 7.90. The Labute approximate surface area is 129 Å². The van der Waals surface area contributed by atoms with E-state index in [1.165, 1.54) is 11.1 Å². The number of rotatable bonds is 4. The van der Waals surface area contributed by atoms with Crippen LogP contribution < -0.4 is 5.73 Å². The zero-order valence-electron chi connectivity index (χ0n) is 12.8. The number of aromatic nitrogens is 2. The van der Waals surface area contributed by atoms with E-state index in [-0.39, 0.29) is 5.97 Å². The van der Waals surface area contributed by atoms with Crippen LogP contribution in [-0.2, 0) is 9.53 Å². The van der Waals surface area contributed by atoms with Crippen LogP contribution in [0.3, 0.4) is 0 Å². The number of nitrogens with one attached hydrogen (secondary N) is 1. The molecule has 1 atom stereocenters. The molecule has 22 heavy (non-hydrogen) atoms. The van der Waals surface area contributed by atoms with E-state index in [1.807, 2.05) is 13.0 Å². The van der Waals surface area contributed by atoms with Crippen molar-refractivity contribution in [1.82, 2.24) is 10.2 Å². The number of carbonyl (C=O) groups is 1. The number of aromatic amines is 1. The Kier molecular flexibility index (Phi) is 4.13. The number of hydrogen-bond donors (Lipinski definition) is 2. The summed E-state index contributed by atoms with van der Waals surface area (Å²) in [5.41, 5.74) is 9.33. The van der Waals surface area contributed by atoms with Gasteiger partial charge in [0.1, 0.15) is 0 Å². The molecule has 0 amide bonds. The number of ether oxygens (including phenoxy) is 1. The fourth-order valence-electron chi connectivity index (χ4n) is 3.03. The molecule has 1 aliphatic carbocycles. The molecule has 0 bridgehead atoms. The highest BCUT2D eigenvalue weighted by molar-refractivity contribution is 5.91. The Hall–Kier alpha value is -2.30. The molecule has 1 unspecified atom stereocenters. The van der Waals surface area contributed by atoms with Crippen LogP contribution in [0.4, 0.5) is 5.82 Å². The fourth-order valence-corrected chi connectivity index (χ4v) is 3.03. The number of allylic oxidation sites excluding steroid dienone is 2. The fraction of sp³-hybridized carbons (Fsp3) is 0.412. The van der Waals surface area contributed by atoms with Crippen molar-refractivity contribution in [3.05, 3.63) is 29.8 Å². The Morgan fingerprint density at radius 2 is 2.36 bits per heavy atom. The maximum absolute atomic E-state index is 11.5. The number of fused-ring (bicyclic) bond motifs is 1. The minimum absolute atomic E-state index is 0.0862. The molecule has 5 nitrogen and oxygen atoms in total. The third-order valence-corrected chi connectivity index (χ3v) is 4.24. The zero-order valence-corrected chi connectivity index (χ0v) is 12.8. The molecule has 0 radical (unpaired) electrons. The van der Waals surface area contributed by atoms with Crippen LogP contribution >= 0.6 is 0 Å². The largest absolute Gasteiger partial charge is 0.466 e. The van der Waals surface area contributed by atoms with Crippen LogP contribution in [0.1, 0.15) is 38.2 Å². The lowest BCUT2D eigenvalue weighted by Gasteiger charge is -2.21. The van der Waals surface area contributed by atoms with E-state index in [1.54, 1.807) is 0 Å². The quantitative estimate of drug-likeness (QED) is 0.849. The Bertz CT molecular complexity index is 718. The summed E-state index contributed by atoms with van der Waals surface area (Å²) < 4.78 is 5.02. The molecule has 0 aliphatic heterocycles. The van der Waals surface area contributed by atoms with Crippen LogP contribution in [0.25, 0.3) is 16.5 Å². The first-order valence-corrected chi connectivity index (χ1v) is 7.76. The number of anilines is 1. The number of nitrogen functional groups attached to an aromatic ring is 1. The Morgan fingerprint density at radius 3 is 3.09 bits per heavy atom. The molecular weight excluding hydrogens is 278 g/mol. The number of nitrogens with zero attached hydrogens (tertiary/aromatic N) is 1. The molecule has 1 heterocycles. The van der Waals surface area contributed by atoms with Gasteiger partial charge in [0.25, 0.3) is 0 Å². The molecule has 116 valence electrons. The normalized spacial score (nSPS) is 18.2. The van der Waals surface area contributed by atoms with Gasteiger partial charge in [0.05, 0.1) is 12.1 Å². The van der Waals surface area contributed by atoms with Crippen molar-refractivity contribution in [2.24, 2.45) is 5.92 Å². The molecule has 0 saturated carbocycles. The van der Waals surface area contributed by atoms with E-state index >= 15 is 0 Å². The van der Waals surface area contributed by atoms with E-state index in [2.05, 4.69) is 28.4 Å². The maximum Gasteiger partial charge on any atom is 0.306 e. The predicted molar refractivity (Wildman–Crippen MR) is 87.1 cm³/mol. The number of benzene rings is 1. The molecule has 3 rings (SSSR count). The number of nitrogens with two attached hydrogens (primary N) is 1. The summed E-state index contributed by atoms with van der Waals surface area (Å²) in [6.45, 7) is 2.30. The summed E-state index contributed by atoms with van der Waals surface area (Å²) in [7, 11) is 0. The highest BCUT2D eigenvalue weighted by Gasteiger charge is 2.19. The Balaban J connectivity index is 1.71. The molecular formula is C17H21N3O2. The van der Waals surface area contributed by atoms with Crippen molar-refractivity contribution in [3.63, 3.8) is 0 Å². The second-order valence-electron chi connectivity index (χ2n) is 5.75. The molecule has 1 aromatic heterocycles. The van der Waals surface area contributed by atoms with Gasteiger partial charge in [-0.05, 0) is 55.4 Å². The van der Waals surface area contributed by atoms with Gasteiger partial charge in [-0.15, -0.1) is 0 Å². The van der Waals surface area contributed by atoms with Crippen molar-refractivity contribution in [2.75, 3.05) is 12.3 Å². The molecule has 5 heteroatoms. The van der Waals surface area contributed by atoms with Gasteiger partial charge in [0.15, 0.2) is 5.82 Å². The van der Waals surface area contributed by atoms with E-state index in [9.17, 15) is 4.79 Å². The van der Waals surface area contributed by atoms with Crippen molar-refractivity contribution >= 4 is 28.3 Å². The molecule has 1 aliphatic rings. The van der Waals surface area contributed by atoms with Crippen LogP contribution in [0, 0.1) is 5.92 Å². The highest BCUT2D eigenvalue weighted by Crippen LogP contribution is 2.33. The summed E-state index contributed by atoms with van der Waals surface area (Å²) >= 11 is 0. The smallest absolute Gasteiger partial charge is 0.306 e. The molecule has 2 aromatic rings. The van der Waals surface area contributed by atoms with Gasteiger partial charge in [-0.1, -0.05) is 12.1 Å². The van der Waals surface area contributed by atoms with Crippen LogP contribution in [-0.4, -0.2) is 22.8 Å². The van der Waals surface area contributed by atoms with Gasteiger partial charge >= 0.3 is 5.97 Å². The van der Waals surface area contributed by atoms with Crippen molar-refractivity contribution in [3.8, 4) is 0 Å². The lowest BCUT2D eigenvalue weighted by atomic mass is 9.85. The molecule has 0 fully saturated rings. The van der Waals surface area contributed by atoms with Gasteiger partial charge in [-0.3, -0.25) is 9.89 Å². The molecule has 0 spiro atoms. The second-order valence-corrected chi connectivity index (χ2v) is 5.75. The average molecular weight is 299 g/mol. The first-order valence-electron chi connectivity index (χ1n) is 7.76. The van der Waals surface area contributed by atoms with Gasteiger partial charge in [-0.25, -0.2) is 0 Å². The maximum atomic E-state index is 11.5. The standard InChI is InChI=1S/C17H21N3O2/c1-2-22-16(21)9-11-3-5-12(6-4-11)13-7-8-15-14(10-13)17(18)20-19-15/h5,7-8,10-11H,2-4,6,9H2,1H3,(H3,18,19,20). The van der Waals surface area contributed by atoms with Gasteiger partial charge in [-0.2, -0.15) is 5.10 Å². The van der Waals surface area contributed by atoms with Crippen LogP contribution in [0.2, 0.25) is 0 Å². The van der Waals surface area contributed by atoms with Crippen molar-refractivity contribution < 1.29 is 9.53 Å². The van der Waals surface area contributed by atoms with Crippen LogP contribution in [0.15, 0.2) is 24.3 Å². The summed E-state index contributed by atoms with van der Waals surface area (Å²) in [5.74, 6) is 0.843. The van der Waals surface area contributed by atoms with Crippen molar-refractivity contribution in [2.45, 2.75) is 32.6 Å². The Morgan fingerprint density at radius 1 is 1.50 bits per heavy atom. The molecule has 0 saturated heterocycles. The monoisotopic (exact) mass is 299 g/mol. The lowest BCUT2D eigenvalue weighted by molar-refractivity contribution is -0.144. The third-order valence-electron chi connectivity index (χ3n) is 4.24. The van der Waals surface area contributed by atoms with Gasteiger partial charge in [0, 0.05) is 11.8 Å². The number of H-pyrrole nitrogens is 1. The summed E-state index contributed by atoms with van der Waals surface area (Å²) in [4.78, 5) is 11.5. The topological polar surface area (TPSA) is 81.0 Å². The van der Waals surface area contributed by atoms with Gasteiger partial charge in [0.2, 0.25) is 0 Å². The lowest BCUT2D eigenvalue weighted by Crippen LogP contribution is -2.13. The SMILES string of the molecule is CCOC(=O)CC1CC=C(c2ccc3[nH]nc(N)c3c2)CC1. The van der Waals surface area contributed by atoms with E-state index in [4.69, 9.17) is 10.5 Å². The number of esters is 1. The zero-order chi connectivity index (χ0) is 15.5. The van der Waals surface area contributed by atoms with Crippen molar-refractivity contribution in [1.29, 1.82) is 0 Å². The highest BCUT2D eigenvalue weighted by atomic mass is 16.5. The number of carbonyl (C=O) groups excluding carboxylic acids is 1. The average Bonchev–Trinajstić information content (AvgIpc) is 2.89. The summed E-state index contributed by atoms with van der Waals surface area (Å²) in [6.07, 6.45) is 5.68. The van der Waals surface area contributed by atoms with Gasteiger partial charge < -0.3 is 10.5 Å². The minimum atomic E-state index is -0.0862. The molecule has 1 aromatic carbocycles.